The van der Waals surface area contributed by atoms with Crippen LogP contribution in [0.5, 0.6) is 5.75 Å². The number of likely N-dealkylation sites (N-methyl/N-ethyl adjacent to an activating group) is 1. The van der Waals surface area contributed by atoms with E-state index in [0.29, 0.717) is 26.2 Å². The summed E-state index contributed by atoms with van der Waals surface area (Å²) in [6.07, 6.45) is 2.39. The lowest BCUT2D eigenvalue weighted by molar-refractivity contribution is -0.121. The van der Waals surface area contributed by atoms with Gasteiger partial charge in [-0.2, -0.15) is 0 Å². The van der Waals surface area contributed by atoms with Gasteiger partial charge in [0.2, 0.25) is 5.91 Å². The summed E-state index contributed by atoms with van der Waals surface area (Å²) < 4.78 is 24.5. The van der Waals surface area contributed by atoms with Crippen molar-refractivity contribution in [3.05, 3.63) is 89.6 Å². The van der Waals surface area contributed by atoms with E-state index in [2.05, 4.69) is 5.32 Å². The Labute approximate surface area is 170 Å². The fourth-order valence-electron chi connectivity index (χ4n) is 2.99. The van der Waals surface area contributed by atoms with E-state index in [1.165, 1.54) is 12.1 Å². The van der Waals surface area contributed by atoms with E-state index in [4.69, 9.17) is 9.15 Å². The molecule has 6 heteroatoms. The van der Waals surface area contributed by atoms with E-state index in [1.54, 1.807) is 19.4 Å². The van der Waals surface area contributed by atoms with E-state index >= 15 is 0 Å². The van der Waals surface area contributed by atoms with Crippen LogP contribution in [0, 0.1) is 5.82 Å². The second kappa shape index (κ2) is 10.4. The molecule has 1 N–H and O–H groups in total. The summed E-state index contributed by atoms with van der Waals surface area (Å²) in [5.41, 5.74) is 1.88. The van der Waals surface area contributed by atoms with Gasteiger partial charge >= 0.3 is 0 Å². The van der Waals surface area contributed by atoms with Crippen molar-refractivity contribution in [1.82, 2.24) is 10.2 Å². The van der Waals surface area contributed by atoms with Gasteiger partial charge in [0.15, 0.2) is 0 Å². The van der Waals surface area contributed by atoms with Crippen molar-refractivity contribution in [3.63, 3.8) is 0 Å². The number of amides is 1. The first-order valence-corrected chi connectivity index (χ1v) is 9.54. The van der Waals surface area contributed by atoms with Gasteiger partial charge in [-0.15, -0.1) is 0 Å². The average molecular weight is 396 g/mol. The number of hydrogen-bond donors (Lipinski definition) is 1. The van der Waals surface area contributed by atoms with Gasteiger partial charge in [-0.05, 0) is 53.9 Å². The zero-order valence-electron chi connectivity index (χ0n) is 16.4. The molecule has 5 nitrogen and oxygen atoms in total. The van der Waals surface area contributed by atoms with Gasteiger partial charge in [0.05, 0.1) is 19.4 Å². The molecule has 0 radical (unpaired) electrons. The monoisotopic (exact) mass is 396 g/mol. The summed E-state index contributed by atoms with van der Waals surface area (Å²) in [5.74, 6) is 1.24. The van der Waals surface area contributed by atoms with Crippen LogP contribution >= 0.6 is 0 Å². The highest BCUT2D eigenvalue weighted by molar-refractivity contribution is 5.77. The Morgan fingerprint density at radius 2 is 1.93 bits per heavy atom. The third kappa shape index (κ3) is 6.76. The number of nitrogens with one attached hydrogen (secondary N) is 1. The number of furan rings is 1. The second-order valence-electron chi connectivity index (χ2n) is 6.78. The first-order valence-electron chi connectivity index (χ1n) is 9.54. The SMILES string of the molecule is CNC(=O)CN(CCc1cccc(OCc2cccc(F)c2)c1)Cc1ccco1. The standard InChI is InChI=1S/C23H25FN2O3/c1-25-23(27)16-26(15-22-9-4-12-28-22)11-10-18-5-3-8-21(14-18)29-17-19-6-2-7-20(24)13-19/h2-9,12-14H,10-11,15-17H2,1H3,(H,25,27). The zero-order valence-corrected chi connectivity index (χ0v) is 16.4. The van der Waals surface area contributed by atoms with Gasteiger partial charge in [0.25, 0.3) is 0 Å². The summed E-state index contributed by atoms with van der Waals surface area (Å²) in [6.45, 7) is 1.87. The van der Waals surface area contributed by atoms with Crippen molar-refractivity contribution in [2.24, 2.45) is 0 Å². The number of carbonyl (C=O) groups excluding carboxylic acids is 1. The van der Waals surface area contributed by atoms with Gasteiger partial charge < -0.3 is 14.5 Å². The lowest BCUT2D eigenvalue weighted by atomic mass is 10.1. The molecule has 0 fully saturated rings. The van der Waals surface area contributed by atoms with Gasteiger partial charge in [-0.25, -0.2) is 4.39 Å². The Morgan fingerprint density at radius 3 is 2.69 bits per heavy atom. The maximum atomic E-state index is 13.3. The van der Waals surface area contributed by atoms with Crippen molar-refractivity contribution in [3.8, 4) is 5.75 Å². The van der Waals surface area contributed by atoms with Crippen LogP contribution in [0.25, 0.3) is 0 Å². The molecule has 0 saturated heterocycles. The predicted molar refractivity (Wildman–Crippen MR) is 109 cm³/mol. The molecular formula is C23H25FN2O3. The molecule has 3 aromatic rings. The van der Waals surface area contributed by atoms with E-state index < -0.39 is 0 Å². The second-order valence-corrected chi connectivity index (χ2v) is 6.78. The molecule has 1 heterocycles. The first kappa shape index (κ1) is 20.6. The Bertz CT molecular complexity index is 912. The Balaban J connectivity index is 1.57. The largest absolute Gasteiger partial charge is 0.489 e. The number of nitrogens with zero attached hydrogens (tertiary/aromatic N) is 1. The van der Waals surface area contributed by atoms with Crippen molar-refractivity contribution in [2.75, 3.05) is 20.1 Å². The van der Waals surface area contributed by atoms with Crippen LogP contribution in [0.15, 0.2) is 71.3 Å². The molecule has 0 bridgehead atoms. The highest BCUT2D eigenvalue weighted by Crippen LogP contribution is 2.17. The zero-order chi connectivity index (χ0) is 20.5. The molecule has 1 aromatic heterocycles. The molecule has 2 aromatic carbocycles. The predicted octanol–water partition coefficient (Wildman–Crippen LogP) is 3.79. The molecular weight excluding hydrogens is 371 g/mol. The van der Waals surface area contributed by atoms with Crippen LogP contribution in [-0.4, -0.2) is 30.9 Å². The molecule has 152 valence electrons. The van der Waals surface area contributed by atoms with Crippen LogP contribution in [0.4, 0.5) is 4.39 Å². The minimum atomic E-state index is -0.271. The molecule has 3 rings (SSSR count). The van der Waals surface area contributed by atoms with E-state index in [9.17, 15) is 9.18 Å². The van der Waals surface area contributed by atoms with Crippen molar-refractivity contribution >= 4 is 5.91 Å². The first-order chi connectivity index (χ1) is 14.1. The molecule has 29 heavy (non-hydrogen) atoms. The Morgan fingerprint density at radius 1 is 1.10 bits per heavy atom. The number of carbonyl (C=O) groups is 1. The van der Waals surface area contributed by atoms with Gasteiger partial charge in [0, 0.05) is 13.6 Å². The molecule has 0 aliphatic carbocycles. The number of benzene rings is 2. The Hall–Kier alpha value is -3.12. The summed E-state index contributed by atoms with van der Waals surface area (Å²) in [4.78, 5) is 13.9. The molecule has 1 amide bonds. The minimum Gasteiger partial charge on any atom is -0.489 e. The quantitative estimate of drug-likeness (QED) is 0.567. The molecule has 0 aliphatic rings. The number of ether oxygens (including phenoxy) is 1. The van der Waals surface area contributed by atoms with Gasteiger partial charge in [-0.1, -0.05) is 24.3 Å². The van der Waals surface area contributed by atoms with E-state index in [1.807, 2.05) is 47.4 Å². The summed E-state index contributed by atoms with van der Waals surface area (Å²) in [7, 11) is 1.63. The van der Waals surface area contributed by atoms with Crippen LogP contribution in [0.2, 0.25) is 0 Å². The third-order valence-corrected chi connectivity index (χ3v) is 4.52. The van der Waals surface area contributed by atoms with E-state index in [0.717, 1.165) is 29.1 Å². The highest BCUT2D eigenvalue weighted by atomic mass is 19.1. The highest BCUT2D eigenvalue weighted by Gasteiger charge is 2.12. The molecule has 0 aliphatic heterocycles. The van der Waals surface area contributed by atoms with Crippen LogP contribution in [0.3, 0.4) is 0 Å². The van der Waals surface area contributed by atoms with Crippen LogP contribution in [0.1, 0.15) is 16.9 Å². The topological polar surface area (TPSA) is 54.7 Å². The van der Waals surface area contributed by atoms with Gasteiger partial charge in [-0.3, -0.25) is 9.69 Å². The summed E-state index contributed by atoms with van der Waals surface area (Å²) in [5, 5.41) is 2.66. The third-order valence-electron chi connectivity index (χ3n) is 4.52. The maximum Gasteiger partial charge on any atom is 0.233 e. The van der Waals surface area contributed by atoms with E-state index in [-0.39, 0.29) is 11.7 Å². The van der Waals surface area contributed by atoms with Crippen LogP contribution in [-0.2, 0) is 24.4 Å². The smallest absolute Gasteiger partial charge is 0.233 e. The van der Waals surface area contributed by atoms with Gasteiger partial charge in [0.1, 0.15) is 23.9 Å². The lowest BCUT2D eigenvalue weighted by Crippen LogP contribution is -2.36. The number of hydrogen-bond acceptors (Lipinski definition) is 4. The average Bonchev–Trinajstić information content (AvgIpc) is 3.24. The fourth-order valence-corrected chi connectivity index (χ4v) is 2.99. The summed E-state index contributed by atoms with van der Waals surface area (Å²) in [6, 6.07) is 17.9. The lowest BCUT2D eigenvalue weighted by Gasteiger charge is -2.20. The normalized spacial score (nSPS) is 10.9. The number of halogens is 1. The molecule has 0 spiro atoms. The van der Waals surface area contributed by atoms with Crippen molar-refractivity contribution < 1.29 is 18.3 Å². The maximum absolute atomic E-state index is 13.3. The van der Waals surface area contributed by atoms with Crippen LogP contribution < -0.4 is 10.1 Å². The molecule has 0 saturated carbocycles. The summed E-state index contributed by atoms with van der Waals surface area (Å²) >= 11 is 0. The number of rotatable bonds is 10. The minimum absolute atomic E-state index is 0.0382. The molecule has 0 unspecified atom stereocenters. The fraction of sp³-hybridized carbons (Fsp3) is 0.261. The van der Waals surface area contributed by atoms with Crippen molar-refractivity contribution in [2.45, 2.75) is 19.6 Å². The molecule has 0 atom stereocenters. The van der Waals surface area contributed by atoms with Crippen molar-refractivity contribution in [1.29, 1.82) is 0 Å². The Kier molecular flexibility index (Phi) is 7.41.